The molecule has 392 valence electrons. The highest BCUT2D eigenvalue weighted by Crippen LogP contribution is 2.29. The summed E-state index contributed by atoms with van der Waals surface area (Å²) >= 11 is 1.57. The summed E-state index contributed by atoms with van der Waals surface area (Å²) in [7, 11) is 0. The Bertz CT molecular complexity index is 1720. The van der Waals surface area contributed by atoms with E-state index >= 15 is 0 Å². The second kappa shape index (κ2) is 35.4. The molecule has 0 aliphatic carbocycles. The van der Waals surface area contributed by atoms with Crippen molar-refractivity contribution >= 4 is 35.0 Å². The second-order valence-corrected chi connectivity index (χ2v) is 17.7. The molecule has 1 aliphatic heterocycles. The first-order valence-corrected chi connectivity index (χ1v) is 24.3. The molecule has 0 saturated carbocycles. The zero-order chi connectivity index (χ0) is 50.1. The molecule has 1 aliphatic rings. The van der Waals surface area contributed by atoms with E-state index in [0.717, 1.165) is 21.7 Å². The molecule has 2 aromatic rings. The number of carbonyl (C=O) groups excluding carboxylic acids is 3. The average molecular weight is 1000 g/mol. The third kappa shape index (κ3) is 25.8. The third-order valence-electron chi connectivity index (χ3n) is 10.2. The van der Waals surface area contributed by atoms with Crippen molar-refractivity contribution in [2.75, 3.05) is 152 Å². The van der Waals surface area contributed by atoms with Crippen LogP contribution in [0.1, 0.15) is 51.4 Å². The molecule has 21 nitrogen and oxygen atoms in total. The molecule has 3 rings (SSSR count). The minimum absolute atomic E-state index is 0.0239. The van der Waals surface area contributed by atoms with Crippen molar-refractivity contribution < 1.29 is 81.5 Å². The minimum Gasteiger partial charge on any atom is -0.480 e. The van der Waals surface area contributed by atoms with Crippen molar-refractivity contribution in [3.05, 3.63) is 41.0 Å². The Labute approximate surface area is 410 Å². The van der Waals surface area contributed by atoms with Gasteiger partial charge in [-0.15, -0.1) is 11.3 Å². The fourth-order valence-electron chi connectivity index (χ4n) is 6.64. The Morgan fingerprint density at radius 3 is 1.45 bits per heavy atom. The summed E-state index contributed by atoms with van der Waals surface area (Å²) in [6, 6.07) is 5.68. The van der Waals surface area contributed by atoms with Gasteiger partial charge in [-0.05, 0) is 30.4 Å². The maximum absolute atomic E-state index is 14.0. The van der Waals surface area contributed by atoms with E-state index in [-0.39, 0.29) is 57.9 Å². The van der Waals surface area contributed by atoms with Gasteiger partial charge in [0.25, 0.3) is 0 Å². The topological polar surface area (TPSA) is 250 Å². The van der Waals surface area contributed by atoms with E-state index in [2.05, 4.69) is 15.6 Å². The van der Waals surface area contributed by atoms with Gasteiger partial charge in [0.15, 0.2) is 0 Å². The number of aliphatic hydroxyl groups is 1. The molecule has 2 heterocycles. The number of benzene rings is 1. The molecule has 4 unspecified atom stereocenters. The molecule has 22 heteroatoms. The molecule has 1 aromatic carbocycles. The predicted molar refractivity (Wildman–Crippen MR) is 253 cm³/mol. The molecular weight excluding hydrogens is 925 g/mol. The molecule has 0 radical (unpaired) electrons. The number of aliphatic carboxylic acids is 1. The Morgan fingerprint density at radius 1 is 0.667 bits per heavy atom. The SMILES string of the molecule is Cc1ncsc1-c1ccc(C(C)NC(=O)C2CC(O)CN2C(=O)C(NC(=O)COCCOCCOCCOCCOCCOCCOCCOCCOCCOCCOCC(=O)O)C(C)(C)C)cc1. The molecule has 0 bridgehead atoms. The number of ether oxygens (including phenoxy) is 11. The number of aliphatic hydroxyl groups excluding tert-OH is 1. The lowest BCUT2D eigenvalue weighted by Crippen LogP contribution is -2.58. The zero-order valence-corrected chi connectivity index (χ0v) is 41.8. The molecule has 4 atom stereocenters. The van der Waals surface area contributed by atoms with E-state index in [9.17, 15) is 24.3 Å². The fourth-order valence-corrected chi connectivity index (χ4v) is 7.45. The number of carboxylic acids is 1. The number of β-amino-alcohol motifs (C(OH)–C–C–N with tert-alkyl or cyclic N) is 1. The van der Waals surface area contributed by atoms with Crippen molar-refractivity contribution in [1.82, 2.24) is 20.5 Å². The Balaban J connectivity index is 1.12. The van der Waals surface area contributed by atoms with Gasteiger partial charge in [0.2, 0.25) is 17.7 Å². The summed E-state index contributed by atoms with van der Waals surface area (Å²) < 4.78 is 59.4. The monoisotopic (exact) mass is 1000 g/mol. The summed E-state index contributed by atoms with van der Waals surface area (Å²) in [5.74, 6) is -2.32. The normalized spacial score (nSPS) is 15.9. The molecule has 69 heavy (non-hydrogen) atoms. The second-order valence-electron chi connectivity index (χ2n) is 16.9. The largest absolute Gasteiger partial charge is 0.480 e. The summed E-state index contributed by atoms with van der Waals surface area (Å²) in [6.07, 6.45) is -0.793. The molecular formula is C47H76N4O17S. The zero-order valence-electron chi connectivity index (χ0n) is 41.0. The van der Waals surface area contributed by atoms with E-state index in [1.807, 2.05) is 64.4 Å². The lowest BCUT2D eigenvalue weighted by atomic mass is 9.85. The molecule has 0 spiro atoms. The maximum atomic E-state index is 14.0. The van der Waals surface area contributed by atoms with Crippen molar-refractivity contribution in [2.24, 2.45) is 5.41 Å². The van der Waals surface area contributed by atoms with Gasteiger partial charge < -0.3 is 77.9 Å². The number of nitrogens with zero attached hydrogens (tertiary/aromatic N) is 2. The molecule has 1 fully saturated rings. The number of carbonyl (C=O) groups is 4. The van der Waals surface area contributed by atoms with Crippen LogP contribution in [0.15, 0.2) is 29.8 Å². The number of hydrogen-bond acceptors (Lipinski definition) is 18. The van der Waals surface area contributed by atoms with E-state index < -0.39 is 41.4 Å². The minimum atomic E-state index is -1.01. The lowest BCUT2D eigenvalue weighted by Gasteiger charge is -2.35. The molecule has 1 saturated heterocycles. The first-order chi connectivity index (χ1) is 33.3. The average Bonchev–Trinajstić information content (AvgIpc) is 3.94. The van der Waals surface area contributed by atoms with Crippen molar-refractivity contribution in [3.63, 3.8) is 0 Å². The first-order valence-electron chi connectivity index (χ1n) is 23.4. The number of hydrogen-bond donors (Lipinski definition) is 4. The van der Waals surface area contributed by atoms with Crippen LogP contribution in [-0.4, -0.2) is 214 Å². The number of thiazole rings is 1. The fraction of sp³-hybridized carbons (Fsp3) is 0.723. The van der Waals surface area contributed by atoms with Gasteiger partial charge in [-0.3, -0.25) is 14.4 Å². The van der Waals surface area contributed by atoms with Gasteiger partial charge >= 0.3 is 5.97 Å². The summed E-state index contributed by atoms with van der Waals surface area (Å²) in [4.78, 5) is 57.6. The van der Waals surface area contributed by atoms with Gasteiger partial charge in [-0.25, -0.2) is 9.78 Å². The van der Waals surface area contributed by atoms with E-state index in [1.54, 1.807) is 11.3 Å². The quantitative estimate of drug-likeness (QED) is 0.0698. The third-order valence-corrected chi connectivity index (χ3v) is 11.2. The molecule has 3 amide bonds. The highest BCUT2D eigenvalue weighted by molar-refractivity contribution is 7.13. The van der Waals surface area contributed by atoms with Crippen molar-refractivity contribution in [1.29, 1.82) is 0 Å². The lowest BCUT2D eigenvalue weighted by molar-refractivity contribution is -0.144. The van der Waals surface area contributed by atoms with Crippen LogP contribution in [0.3, 0.4) is 0 Å². The van der Waals surface area contributed by atoms with Crippen LogP contribution in [0.5, 0.6) is 0 Å². The van der Waals surface area contributed by atoms with Crippen LogP contribution in [0.2, 0.25) is 0 Å². The van der Waals surface area contributed by atoms with E-state index in [1.165, 1.54) is 4.90 Å². The Hall–Kier alpha value is -3.75. The standard InChI is InChI=1S/C47H76N4O17S/c1-35(37-6-8-38(9-7-37)43-36(2)48-34-69-43)49-45(56)40-30-39(52)31-51(40)46(57)44(47(3,4)5)50-41(53)32-67-28-26-65-24-22-63-20-18-61-16-14-59-12-10-58-11-13-60-15-17-62-19-21-64-23-25-66-27-29-68-33-42(54)55/h6-9,34-35,39-40,44,52H,10-33H2,1-5H3,(H,49,56)(H,50,53)(H,54,55). The number of amides is 3. The number of likely N-dealkylation sites (tertiary alicyclic amines) is 1. The van der Waals surface area contributed by atoms with Crippen LogP contribution in [0, 0.1) is 12.3 Å². The van der Waals surface area contributed by atoms with Crippen molar-refractivity contribution in [3.8, 4) is 10.4 Å². The Morgan fingerprint density at radius 2 is 1.07 bits per heavy atom. The smallest absolute Gasteiger partial charge is 0.329 e. The number of rotatable bonds is 40. The predicted octanol–water partition coefficient (Wildman–Crippen LogP) is 2.06. The van der Waals surface area contributed by atoms with E-state index in [4.69, 9.17) is 57.2 Å². The Kier molecular flexibility index (Phi) is 30.5. The van der Waals surface area contributed by atoms with Gasteiger partial charge in [0.1, 0.15) is 25.3 Å². The highest BCUT2D eigenvalue weighted by Gasteiger charge is 2.44. The van der Waals surface area contributed by atoms with Crippen LogP contribution in [-0.2, 0) is 71.3 Å². The van der Waals surface area contributed by atoms with Gasteiger partial charge in [-0.1, -0.05) is 45.0 Å². The van der Waals surface area contributed by atoms with Crippen LogP contribution in [0.25, 0.3) is 10.4 Å². The number of aromatic nitrogens is 1. The van der Waals surface area contributed by atoms with Gasteiger partial charge in [-0.2, -0.15) is 0 Å². The molecule has 1 aromatic heterocycles. The number of aryl methyl sites for hydroxylation is 1. The first kappa shape index (κ1) is 59.6. The van der Waals surface area contributed by atoms with E-state index in [0.29, 0.717) is 112 Å². The van der Waals surface area contributed by atoms with Gasteiger partial charge in [0.05, 0.1) is 160 Å². The highest BCUT2D eigenvalue weighted by atomic mass is 32.1. The maximum Gasteiger partial charge on any atom is 0.329 e. The van der Waals surface area contributed by atoms with Crippen molar-refractivity contribution in [2.45, 2.75) is 65.3 Å². The number of carboxylic acid groups (broad SMARTS) is 1. The molecule has 4 N–H and O–H groups in total. The number of nitrogens with one attached hydrogen (secondary N) is 2. The van der Waals surface area contributed by atoms with Crippen LogP contribution < -0.4 is 10.6 Å². The van der Waals surface area contributed by atoms with Crippen LogP contribution in [0.4, 0.5) is 0 Å². The summed E-state index contributed by atoms with van der Waals surface area (Å²) in [6.45, 7) is 16.3. The summed E-state index contributed by atoms with van der Waals surface area (Å²) in [5, 5.41) is 24.8. The van der Waals surface area contributed by atoms with Crippen LogP contribution >= 0.6 is 11.3 Å². The summed E-state index contributed by atoms with van der Waals surface area (Å²) in [5.41, 5.74) is 4.00. The van der Waals surface area contributed by atoms with Gasteiger partial charge in [0, 0.05) is 13.0 Å².